The summed E-state index contributed by atoms with van der Waals surface area (Å²) in [6.45, 7) is 5.71. The molecule has 0 atom stereocenters. The van der Waals surface area contributed by atoms with Crippen LogP contribution in [0.3, 0.4) is 0 Å². The second kappa shape index (κ2) is 6.90. The molecule has 4 nitrogen and oxygen atoms in total. The van der Waals surface area contributed by atoms with E-state index in [-0.39, 0.29) is 0 Å². The molecule has 20 heavy (non-hydrogen) atoms. The van der Waals surface area contributed by atoms with Gasteiger partial charge in [-0.2, -0.15) is 0 Å². The fourth-order valence-corrected chi connectivity index (χ4v) is 2.80. The van der Waals surface area contributed by atoms with Crippen molar-refractivity contribution in [2.45, 2.75) is 20.3 Å². The van der Waals surface area contributed by atoms with Gasteiger partial charge in [0.2, 0.25) is 0 Å². The SMILES string of the molecule is CC(C)CN=C(N)NCCc1nc2cc(Cl)ccc2s1. The van der Waals surface area contributed by atoms with Gasteiger partial charge in [-0.05, 0) is 24.1 Å². The maximum absolute atomic E-state index is 5.95. The molecule has 1 heterocycles. The molecule has 0 bridgehead atoms. The Balaban J connectivity index is 1.88. The topological polar surface area (TPSA) is 63.3 Å². The number of benzene rings is 1. The van der Waals surface area contributed by atoms with Gasteiger partial charge in [-0.15, -0.1) is 11.3 Å². The van der Waals surface area contributed by atoms with E-state index >= 15 is 0 Å². The molecule has 3 N–H and O–H groups in total. The molecule has 0 spiro atoms. The molecule has 0 radical (unpaired) electrons. The van der Waals surface area contributed by atoms with E-state index in [1.54, 1.807) is 11.3 Å². The molecule has 0 saturated heterocycles. The largest absolute Gasteiger partial charge is 0.370 e. The van der Waals surface area contributed by atoms with Crippen LogP contribution in [0.4, 0.5) is 0 Å². The lowest BCUT2D eigenvalue weighted by Gasteiger charge is -2.05. The molecule has 0 fully saturated rings. The van der Waals surface area contributed by atoms with Crippen LogP contribution in [0.15, 0.2) is 23.2 Å². The van der Waals surface area contributed by atoms with Gasteiger partial charge in [0, 0.05) is 24.5 Å². The van der Waals surface area contributed by atoms with Crippen molar-refractivity contribution >= 4 is 39.1 Å². The van der Waals surface area contributed by atoms with Crippen LogP contribution in [0.25, 0.3) is 10.2 Å². The van der Waals surface area contributed by atoms with Crippen LogP contribution in [0.2, 0.25) is 5.02 Å². The van der Waals surface area contributed by atoms with Gasteiger partial charge in [0.25, 0.3) is 0 Å². The first-order chi connectivity index (χ1) is 9.54. The van der Waals surface area contributed by atoms with Crippen molar-refractivity contribution in [2.75, 3.05) is 13.1 Å². The number of aliphatic imine (C=N–C) groups is 1. The number of aromatic nitrogens is 1. The number of rotatable bonds is 5. The monoisotopic (exact) mass is 310 g/mol. The van der Waals surface area contributed by atoms with Gasteiger partial charge in [-0.1, -0.05) is 25.4 Å². The Hall–Kier alpha value is -1.33. The van der Waals surface area contributed by atoms with E-state index in [1.807, 2.05) is 18.2 Å². The highest BCUT2D eigenvalue weighted by molar-refractivity contribution is 7.18. The maximum atomic E-state index is 5.95. The number of halogens is 1. The predicted molar refractivity (Wildman–Crippen MR) is 87.7 cm³/mol. The van der Waals surface area contributed by atoms with E-state index in [0.29, 0.717) is 11.9 Å². The second-order valence-corrected chi connectivity index (χ2v) is 6.57. The number of hydrogen-bond acceptors (Lipinski definition) is 3. The van der Waals surface area contributed by atoms with Crippen molar-refractivity contribution in [3.63, 3.8) is 0 Å². The van der Waals surface area contributed by atoms with Gasteiger partial charge in [0.05, 0.1) is 15.2 Å². The second-order valence-electron chi connectivity index (χ2n) is 5.02. The average molecular weight is 311 g/mol. The summed E-state index contributed by atoms with van der Waals surface area (Å²) in [4.78, 5) is 8.82. The maximum Gasteiger partial charge on any atom is 0.188 e. The van der Waals surface area contributed by atoms with Crippen LogP contribution in [-0.2, 0) is 6.42 Å². The smallest absolute Gasteiger partial charge is 0.188 e. The molecular formula is C14H19ClN4S. The van der Waals surface area contributed by atoms with Crippen LogP contribution in [0.1, 0.15) is 18.9 Å². The lowest BCUT2D eigenvalue weighted by molar-refractivity contribution is 0.661. The standard InChI is InChI=1S/C14H19ClN4S/c1-9(2)8-18-14(16)17-6-5-13-19-11-7-10(15)3-4-12(11)20-13/h3-4,7,9H,5-6,8H2,1-2H3,(H3,16,17,18). The van der Waals surface area contributed by atoms with E-state index in [9.17, 15) is 0 Å². The Morgan fingerprint density at radius 3 is 3.05 bits per heavy atom. The number of guanidine groups is 1. The highest BCUT2D eigenvalue weighted by atomic mass is 35.5. The first-order valence-corrected chi connectivity index (χ1v) is 7.83. The van der Waals surface area contributed by atoms with Crippen molar-refractivity contribution < 1.29 is 0 Å². The molecule has 0 aliphatic rings. The minimum absolute atomic E-state index is 0.503. The lowest BCUT2D eigenvalue weighted by Crippen LogP contribution is -2.33. The molecule has 6 heteroatoms. The molecule has 108 valence electrons. The van der Waals surface area contributed by atoms with E-state index in [2.05, 4.69) is 29.1 Å². The normalized spacial score (nSPS) is 12.3. The van der Waals surface area contributed by atoms with Crippen molar-refractivity contribution in [3.05, 3.63) is 28.2 Å². The van der Waals surface area contributed by atoms with E-state index in [1.165, 1.54) is 0 Å². The number of fused-ring (bicyclic) bond motifs is 1. The summed E-state index contributed by atoms with van der Waals surface area (Å²) in [6.07, 6.45) is 0.828. The minimum atomic E-state index is 0.503. The first kappa shape index (κ1) is 15.1. The van der Waals surface area contributed by atoms with Crippen molar-refractivity contribution in [1.29, 1.82) is 0 Å². The minimum Gasteiger partial charge on any atom is -0.370 e. The van der Waals surface area contributed by atoms with Crippen LogP contribution in [-0.4, -0.2) is 24.0 Å². The number of nitrogens with two attached hydrogens (primary N) is 1. The van der Waals surface area contributed by atoms with Crippen molar-refractivity contribution in [3.8, 4) is 0 Å². The van der Waals surface area contributed by atoms with E-state index < -0.39 is 0 Å². The lowest BCUT2D eigenvalue weighted by atomic mass is 10.2. The number of nitrogens with one attached hydrogen (secondary N) is 1. The Bertz CT molecular complexity index is 606. The third-order valence-corrected chi connectivity index (χ3v) is 4.00. The highest BCUT2D eigenvalue weighted by Gasteiger charge is 2.04. The summed E-state index contributed by atoms with van der Waals surface area (Å²) in [6, 6.07) is 5.79. The number of hydrogen-bond donors (Lipinski definition) is 2. The van der Waals surface area contributed by atoms with Crippen LogP contribution >= 0.6 is 22.9 Å². The van der Waals surface area contributed by atoms with Crippen molar-refractivity contribution in [2.24, 2.45) is 16.6 Å². The zero-order valence-corrected chi connectivity index (χ0v) is 13.3. The summed E-state index contributed by atoms with van der Waals surface area (Å²) in [5, 5.41) is 4.91. The fourth-order valence-electron chi connectivity index (χ4n) is 1.69. The molecule has 0 saturated carbocycles. The molecule has 0 unspecified atom stereocenters. The van der Waals surface area contributed by atoms with E-state index in [4.69, 9.17) is 17.3 Å². The van der Waals surface area contributed by atoms with Crippen LogP contribution < -0.4 is 11.1 Å². The first-order valence-electron chi connectivity index (χ1n) is 6.63. The van der Waals surface area contributed by atoms with Crippen molar-refractivity contribution in [1.82, 2.24) is 10.3 Å². The summed E-state index contributed by atoms with van der Waals surface area (Å²) in [5.74, 6) is 1.02. The number of thiazole rings is 1. The Kier molecular flexibility index (Phi) is 5.20. The van der Waals surface area contributed by atoms with Gasteiger partial charge < -0.3 is 11.1 Å². The highest BCUT2D eigenvalue weighted by Crippen LogP contribution is 2.24. The molecule has 0 aliphatic heterocycles. The van der Waals surface area contributed by atoms with Gasteiger partial charge >= 0.3 is 0 Å². The predicted octanol–water partition coefficient (Wildman–Crippen LogP) is 3.05. The van der Waals surface area contributed by atoms with Gasteiger partial charge in [-0.3, -0.25) is 4.99 Å². The molecule has 2 rings (SSSR count). The third kappa shape index (κ3) is 4.35. The molecule has 2 aromatic rings. The zero-order chi connectivity index (χ0) is 14.5. The summed E-state index contributed by atoms with van der Waals surface area (Å²) in [5.41, 5.74) is 6.74. The Morgan fingerprint density at radius 1 is 1.50 bits per heavy atom. The molecule has 1 aromatic heterocycles. The molecule has 0 amide bonds. The molecule has 0 aliphatic carbocycles. The van der Waals surface area contributed by atoms with E-state index in [0.717, 1.165) is 39.8 Å². The third-order valence-electron chi connectivity index (χ3n) is 2.67. The quantitative estimate of drug-likeness (QED) is 0.659. The number of nitrogens with zero attached hydrogens (tertiary/aromatic N) is 2. The van der Waals surface area contributed by atoms with Crippen LogP contribution in [0, 0.1) is 5.92 Å². The van der Waals surface area contributed by atoms with Crippen LogP contribution in [0.5, 0.6) is 0 Å². The van der Waals surface area contributed by atoms with Gasteiger partial charge in [0.15, 0.2) is 5.96 Å². The molecule has 1 aromatic carbocycles. The summed E-state index contributed by atoms with van der Waals surface area (Å²) >= 11 is 7.64. The summed E-state index contributed by atoms with van der Waals surface area (Å²) in [7, 11) is 0. The van der Waals surface area contributed by atoms with Gasteiger partial charge in [0.1, 0.15) is 0 Å². The fraction of sp³-hybridized carbons (Fsp3) is 0.429. The Morgan fingerprint density at radius 2 is 2.30 bits per heavy atom. The summed E-state index contributed by atoms with van der Waals surface area (Å²) < 4.78 is 1.16. The Labute approximate surface area is 128 Å². The van der Waals surface area contributed by atoms with Gasteiger partial charge in [-0.25, -0.2) is 4.98 Å². The molecular weight excluding hydrogens is 292 g/mol. The zero-order valence-electron chi connectivity index (χ0n) is 11.7. The average Bonchev–Trinajstić information content (AvgIpc) is 2.78.